The number of fused-ring (bicyclic) bond motifs is 1. The van der Waals surface area contributed by atoms with Crippen molar-refractivity contribution >= 4 is 80.6 Å². The van der Waals surface area contributed by atoms with Crippen LogP contribution in [0.5, 0.6) is 0 Å². The molecule has 0 aliphatic rings. The van der Waals surface area contributed by atoms with Gasteiger partial charge in [0.05, 0.1) is 11.0 Å². The molecular formula is C10H4Cl6N2. The van der Waals surface area contributed by atoms with E-state index in [1.807, 2.05) is 0 Å². The Hall–Kier alpha value is 0.300. The van der Waals surface area contributed by atoms with E-state index in [0.717, 1.165) is 0 Å². The Kier molecular flexibility index (Phi) is 4.09. The second-order valence-corrected chi connectivity index (χ2v) is 7.97. The van der Waals surface area contributed by atoms with Gasteiger partial charge in [0.1, 0.15) is 11.4 Å². The van der Waals surface area contributed by atoms with Crippen LogP contribution in [0.4, 0.5) is 0 Å². The molecule has 0 fully saturated rings. The van der Waals surface area contributed by atoms with E-state index in [4.69, 9.17) is 69.6 Å². The zero-order valence-electron chi connectivity index (χ0n) is 8.47. The predicted octanol–water partition coefficient (Wildman–Crippen LogP) is 5.28. The zero-order chi connectivity index (χ0) is 13.6. The molecule has 2 rings (SSSR count). The van der Waals surface area contributed by atoms with E-state index in [9.17, 15) is 0 Å². The van der Waals surface area contributed by atoms with Gasteiger partial charge >= 0.3 is 0 Å². The van der Waals surface area contributed by atoms with E-state index in [2.05, 4.69) is 9.97 Å². The van der Waals surface area contributed by atoms with Crippen LogP contribution in [0, 0.1) is 0 Å². The second-order valence-electron chi connectivity index (χ2n) is 3.41. The normalized spacial score (nSPS) is 13.0. The Morgan fingerprint density at radius 1 is 0.667 bits per heavy atom. The molecule has 1 aromatic carbocycles. The fourth-order valence-corrected chi connectivity index (χ4v) is 2.19. The lowest BCUT2D eigenvalue weighted by Crippen LogP contribution is -2.16. The van der Waals surface area contributed by atoms with Crippen LogP contribution < -0.4 is 0 Å². The molecule has 0 saturated heterocycles. The maximum absolute atomic E-state index is 5.82. The first kappa shape index (κ1) is 14.7. The van der Waals surface area contributed by atoms with E-state index >= 15 is 0 Å². The molecule has 0 bridgehead atoms. The van der Waals surface area contributed by atoms with Crippen molar-refractivity contribution < 1.29 is 0 Å². The number of rotatable bonds is 0. The molecule has 0 amide bonds. The van der Waals surface area contributed by atoms with Crippen LogP contribution in [0.25, 0.3) is 11.0 Å². The number of hydrogen-bond acceptors (Lipinski definition) is 2. The third kappa shape index (κ3) is 3.06. The highest BCUT2D eigenvalue weighted by molar-refractivity contribution is 6.68. The van der Waals surface area contributed by atoms with Crippen molar-refractivity contribution in [3.05, 3.63) is 35.7 Å². The molecule has 0 unspecified atom stereocenters. The van der Waals surface area contributed by atoms with E-state index in [0.29, 0.717) is 11.0 Å². The Bertz CT molecular complexity index is 534. The number of nitrogens with zero attached hydrogens (tertiary/aromatic N) is 2. The van der Waals surface area contributed by atoms with Crippen molar-refractivity contribution in [2.75, 3.05) is 0 Å². The topological polar surface area (TPSA) is 25.8 Å². The first-order chi connectivity index (χ1) is 8.19. The molecular weight excluding hydrogens is 361 g/mol. The number of para-hydroxylation sites is 2. The molecule has 0 spiro atoms. The lowest BCUT2D eigenvalue weighted by atomic mass is 10.2. The van der Waals surface area contributed by atoms with E-state index < -0.39 is 7.59 Å². The minimum absolute atomic E-state index is 0.00574. The standard InChI is InChI=1S/C10H4Cl6N2/c11-9(12,13)7-8(10(14,15)16)18-6-4-2-1-3-5(6)17-7/h1-4H. The van der Waals surface area contributed by atoms with Gasteiger partial charge in [0.2, 0.25) is 7.59 Å². The van der Waals surface area contributed by atoms with Crippen LogP contribution in [0.3, 0.4) is 0 Å². The first-order valence-electron chi connectivity index (χ1n) is 4.61. The summed E-state index contributed by atoms with van der Waals surface area (Å²) >= 11 is 34.9. The van der Waals surface area contributed by atoms with Crippen molar-refractivity contribution in [3.8, 4) is 0 Å². The predicted molar refractivity (Wildman–Crippen MR) is 78.0 cm³/mol. The van der Waals surface area contributed by atoms with E-state index in [-0.39, 0.29) is 11.4 Å². The Labute approximate surface area is 133 Å². The van der Waals surface area contributed by atoms with E-state index in [1.54, 1.807) is 24.3 Å². The Morgan fingerprint density at radius 3 is 1.28 bits per heavy atom. The molecule has 1 heterocycles. The summed E-state index contributed by atoms with van der Waals surface area (Å²) in [6.45, 7) is 0. The smallest absolute Gasteiger partial charge is 0.234 e. The highest BCUT2D eigenvalue weighted by atomic mass is 35.6. The average Bonchev–Trinajstić information content (AvgIpc) is 2.25. The van der Waals surface area contributed by atoms with Crippen LogP contribution in [-0.4, -0.2) is 9.97 Å². The minimum Gasteiger partial charge on any atom is -0.245 e. The van der Waals surface area contributed by atoms with Crippen molar-refractivity contribution in [3.63, 3.8) is 0 Å². The van der Waals surface area contributed by atoms with Crippen LogP contribution >= 0.6 is 69.6 Å². The largest absolute Gasteiger partial charge is 0.245 e. The molecule has 8 heteroatoms. The number of halogens is 6. The molecule has 0 saturated carbocycles. The Morgan fingerprint density at radius 2 is 1.00 bits per heavy atom. The van der Waals surface area contributed by atoms with Gasteiger partial charge in [-0.2, -0.15) is 0 Å². The van der Waals surface area contributed by atoms with Crippen LogP contribution in [-0.2, 0) is 7.59 Å². The number of benzene rings is 1. The summed E-state index contributed by atoms with van der Waals surface area (Å²) < 4.78 is -3.65. The minimum atomic E-state index is -1.82. The van der Waals surface area contributed by atoms with Gasteiger partial charge in [-0.05, 0) is 12.1 Å². The fraction of sp³-hybridized carbons (Fsp3) is 0.200. The first-order valence-corrected chi connectivity index (χ1v) is 6.87. The highest BCUT2D eigenvalue weighted by Gasteiger charge is 2.38. The molecule has 1 aromatic heterocycles. The summed E-state index contributed by atoms with van der Waals surface area (Å²) in [6, 6.07) is 7.02. The van der Waals surface area contributed by atoms with E-state index in [1.165, 1.54) is 0 Å². The molecule has 0 N–H and O–H groups in total. The van der Waals surface area contributed by atoms with Crippen molar-refractivity contribution in [1.29, 1.82) is 0 Å². The van der Waals surface area contributed by atoms with Gasteiger partial charge in [0.15, 0.2) is 0 Å². The summed E-state index contributed by atoms with van der Waals surface area (Å²) in [5, 5.41) is 0. The molecule has 0 radical (unpaired) electrons. The molecule has 0 aliphatic heterocycles. The SMILES string of the molecule is ClC(Cl)(Cl)c1nc2ccccc2nc1C(Cl)(Cl)Cl. The maximum atomic E-state index is 5.82. The van der Waals surface area contributed by atoms with Crippen molar-refractivity contribution in [2.24, 2.45) is 0 Å². The van der Waals surface area contributed by atoms with Gasteiger partial charge in [0, 0.05) is 0 Å². The third-order valence-electron chi connectivity index (χ3n) is 2.11. The van der Waals surface area contributed by atoms with Gasteiger partial charge in [-0.3, -0.25) is 0 Å². The van der Waals surface area contributed by atoms with Gasteiger partial charge in [-0.1, -0.05) is 81.7 Å². The molecule has 2 nitrogen and oxygen atoms in total. The summed E-state index contributed by atoms with van der Waals surface area (Å²) in [5.41, 5.74) is 1.12. The summed E-state index contributed by atoms with van der Waals surface area (Å²) in [6.07, 6.45) is 0. The summed E-state index contributed by atoms with van der Waals surface area (Å²) in [5.74, 6) is 0. The Balaban J connectivity index is 2.81. The molecule has 18 heavy (non-hydrogen) atoms. The number of hydrogen-bond donors (Lipinski definition) is 0. The third-order valence-corrected chi connectivity index (χ3v) is 3.18. The monoisotopic (exact) mass is 362 g/mol. The van der Waals surface area contributed by atoms with Gasteiger partial charge in [0.25, 0.3) is 0 Å². The summed E-state index contributed by atoms with van der Waals surface area (Å²) in [7, 11) is 0. The number of aromatic nitrogens is 2. The van der Waals surface area contributed by atoms with Crippen molar-refractivity contribution in [2.45, 2.75) is 7.59 Å². The highest BCUT2D eigenvalue weighted by Crippen LogP contribution is 2.46. The summed E-state index contributed by atoms with van der Waals surface area (Å²) in [4.78, 5) is 8.40. The molecule has 0 aliphatic carbocycles. The van der Waals surface area contributed by atoms with Crippen molar-refractivity contribution in [1.82, 2.24) is 9.97 Å². The van der Waals surface area contributed by atoms with Gasteiger partial charge in [-0.15, -0.1) is 0 Å². The maximum Gasteiger partial charge on any atom is 0.234 e. The number of alkyl halides is 6. The molecule has 0 atom stereocenters. The quantitative estimate of drug-likeness (QED) is 0.594. The zero-order valence-corrected chi connectivity index (χ0v) is 13.0. The average molecular weight is 365 g/mol. The lowest BCUT2D eigenvalue weighted by molar-refractivity contribution is 0.971. The van der Waals surface area contributed by atoms with Crippen LogP contribution in [0.1, 0.15) is 11.4 Å². The lowest BCUT2D eigenvalue weighted by Gasteiger charge is -2.19. The fourth-order valence-electron chi connectivity index (χ4n) is 1.40. The van der Waals surface area contributed by atoms with Gasteiger partial charge in [-0.25, -0.2) is 9.97 Å². The van der Waals surface area contributed by atoms with Gasteiger partial charge < -0.3 is 0 Å². The second kappa shape index (κ2) is 5.01. The van der Waals surface area contributed by atoms with Crippen LogP contribution in [0.15, 0.2) is 24.3 Å². The molecule has 2 aromatic rings. The molecule has 96 valence electrons. The van der Waals surface area contributed by atoms with Crippen LogP contribution in [0.2, 0.25) is 0 Å².